The van der Waals surface area contributed by atoms with E-state index in [4.69, 9.17) is 4.42 Å². The molecule has 3 aromatic heterocycles. The highest BCUT2D eigenvalue weighted by molar-refractivity contribution is 5.92. The van der Waals surface area contributed by atoms with Crippen LogP contribution in [0.2, 0.25) is 0 Å². The molecule has 154 valence electrons. The van der Waals surface area contributed by atoms with E-state index >= 15 is 0 Å². The third kappa shape index (κ3) is 3.63. The number of fused-ring (bicyclic) bond motifs is 1. The summed E-state index contributed by atoms with van der Waals surface area (Å²) in [5.41, 5.74) is -0.187. The van der Waals surface area contributed by atoms with Crippen molar-refractivity contribution >= 4 is 22.6 Å². The van der Waals surface area contributed by atoms with Crippen molar-refractivity contribution in [3.8, 4) is 11.5 Å². The van der Waals surface area contributed by atoms with Gasteiger partial charge in [0.1, 0.15) is 23.9 Å². The summed E-state index contributed by atoms with van der Waals surface area (Å²) in [5.74, 6) is -1.99. The van der Waals surface area contributed by atoms with Crippen molar-refractivity contribution < 1.29 is 26.8 Å². The van der Waals surface area contributed by atoms with Crippen LogP contribution in [0.15, 0.2) is 47.1 Å². The molecule has 6 nitrogen and oxygen atoms in total. The van der Waals surface area contributed by atoms with Gasteiger partial charge in [-0.2, -0.15) is 5.10 Å². The molecule has 0 saturated carbocycles. The molecule has 4 aromatic rings. The number of hydrogen-bond acceptors (Lipinski definition) is 4. The van der Waals surface area contributed by atoms with Gasteiger partial charge in [-0.3, -0.25) is 4.79 Å². The van der Waals surface area contributed by atoms with Crippen LogP contribution in [0.3, 0.4) is 0 Å². The molecule has 0 aliphatic carbocycles. The van der Waals surface area contributed by atoms with Gasteiger partial charge in [-0.25, -0.2) is 27.2 Å². The van der Waals surface area contributed by atoms with Crippen LogP contribution in [0.1, 0.15) is 17.7 Å². The number of aryl methyl sites for hydroxylation is 1. The molecule has 3 heterocycles. The third-order valence-electron chi connectivity index (χ3n) is 4.41. The van der Waals surface area contributed by atoms with E-state index in [0.29, 0.717) is 0 Å². The topological polar surface area (TPSA) is 73.0 Å². The summed E-state index contributed by atoms with van der Waals surface area (Å²) in [5, 5.41) is 6.50. The quantitative estimate of drug-likeness (QED) is 0.470. The van der Waals surface area contributed by atoms with Gasteiger partial charge in [0.2, 0.25) is 5.91 Å². The Balaban J connectivity index is 1.74. The number of alkyl halides is 2. The lowest BCUT2D eigenvalue weighted by Gasteiger charge is -2.09. The minimum atomic E-state index is -2.81. The molecule has 0 fully saturated rings. The van der Waals surface area contributed by atoms with Gasteiger partial charge in [0.15, 0.2) is 11.4 Å². The van der Waals surface area contributed by atoms with E-state index in [2.05, 4.69) is 15.4 Å². The number of aromatic nitrogens is 3. The minimum Gasteiger partial charge on any atom is -0.463 e. The highest BCUT2D eigenvalue weighted by Gasteiger charge is 2.22. The van der Waals surface area contributed by atoms with E-state index < -0.39 is 30.5 Å². The largest absolute Gasteiger partial charge is 0.463 e. The van der Waals surface area contributed by atoms with E-state index in [9.17, 15) is 22.4 Å². The van der Waals surface area contributed by atoms with Crippen LogP contribution in [0.5, 0.6) is 0 Å². The van der Waals surface area contributed by atoms with Gasteiger partial charge in [-0.05, 0) is 37.3 Å². The molecule has 0 aliphatic heterocycles. The smallest absolute Gasteiger partial charge is 0.264 e. The SMILES string of the molecule is Cc1nn(CC(=O)Nc2cc(F)ccc2F)c2nc(-c3ccco3)cc(C(F)F)c12. The maximum Gasteiger partial charge on any atom is 0.264 e. The Labute approximate surface area is 167 Å². The van der Waals surface area contributed by atoms with E-state index in [1.165, 1.54) is 19.3 Å². The maximum absolute atomic E-state index is 13.8. The van der Waals surface area contributed by atoms with Gasteiger partial charge in [0.25, 0.3) is 6.43 Å². The molecule has 0 radical (unpaired) electrons. The zero-order chi connectivity index (χ0) is 21.4. The van der Waals surface area contributed by atoms with Crippen molar-refractivity contribution in [2.24, 2.45) is 0 Å². The number of nitrogens with zero attached hydrogens (tertiary/aromatic N) is 3. The highest BCUT2D eigenvalue weighted by Crippen LogP contribution is 2.33. The standard InChI is InChI=1S/C20H14F4N4O2/c1-10-18-12(19(23)24)8-15(16-3-2-6-30-16)26-20(18)28(27-10)9-17(29)25-14-7-11(21)4-5-13(14)22/h2-8,19H,9H2,1H3,(H,25,29). The van der Waals surface area contributed by atoms with Crippen molar-refractivity contribution in [1.29, 1.82) is 0 Å². The molecular weight excluding hydrogens is 404 g/mol. The van der Waals surface area contributed by atoms with Crippen LogP contribution in [0.25, 0.3) is 22.5 Å². The van der Waals surface area contributed by atoms with Crippen molar-refractivity contribution in [3.63, 3.8) is 0 Å². The average Bonchev–Trinajstić information content (AvgIpc) is 3.33. The number of benzene rings is 1. The van der Waals surface area contributed by atoms with E-state index in [1.54, 1.807) is 12.1 Å². The monoisotopic (exact) mass is 418 g/mol. The number of amides is 1. The minimum absolute atomic E-state index is 0.0477. The third-order valence-corrected chi connectivity index (χ3v) is 4.41. The molecule has 4 rings (SSSR count). The molecule has 10 heteroatoms. The molecule has 0 aliphatic rings. The number of pyridine rings is 1. The number of anilines is 1. The van der Waals surface area contributed by atoms with Gasteiger partial charge in [-0.15, -0.1) is 0 Å². The fourth-order valence-corrected chi connectivity index (χ4v) is 3.14. The Morgan fingerprint density at radius 3 is 2.73 bits per heavy atom. The second-order valence-corrected chi connectivity index (χ2v) is 6.49. The first kappa shape index (κ1) is 19.6. The van der Waals surface area contributed by atoms with Gasteiger partial charge < -0.3 is 9.73 Å². The lowest BCUT2D eigenvalue weighted by atomic mass is 10.1. The molecule has 1 aromatic carbocycles. The molecule has 30 heavy (non-hydrogen) atoms. The van der Waals surface area contributed by atoms with Crippen LogP contribution < -0.4 is 5.32 Å². The van der Waals surface area contributed by atoms with Crippen LogP contribution in [-0.4, -0.2) is 20.7 Å². The summed E-state index contributed by atoms with van der Waals surface area (Å²) >= 11 is 0. The van der Waals surface area contributed by atoms with Gasteiger partial charge in [0.05, 0.1) is 23.0 Å². The Hall–Kier alpha value is -3.69. The van der Waals surface area contributed by atoms with Crippen molar-refractivity contribution in [2.45, 2.75) is 19.9 Å². The number of halogens is 4. The normalized spacial score (nSPS) is 11.4. The van der Waals surface area contributed by atoms with Crippen molar-refractivity contribution in [2.75, 3.05) is 5.32 Å². The zero-order valence-corrected chi connectivity index (χ0v) is 15.5. The van der Waals surface area contributed by atoms with Crippen LogP contribution in [0, 0.1) is 18.6 Å². The molecule has 1 amide bonds. The molecule has 0 spiro atoms. The Morgan fingerprint density at radius 1 is 1.23 bits per heavy atom. The fourth-order valence-electron chi connectivity index (χ4n) is 3.14. The first-order valence-corrected chi connectivity index (χ1v) is 8.78. The summed E-state index contributed by atoms with van der Waals surface area (Å²) in [4.78, 5) is 16.7. The molecule has 0 bridgehead atoms. The predicted molar refractivity (Wildman–Crippen MR) is 99.9 cm³/mol. The van der Waals surface area contributed by atoms with Gasteiger partial charge in [-0.1, -0.05) is 0 Å². The number of furan rings is 1. The van der Waals surface area contributed by atoms with E-state index in [-0.39, 0.29) is 39.4 Å². The first-order chi connectivity index (χ1) is 14.3. The molecule has 0 atom stereocenters. The number of carbonyl (C=O) groups is 1. The molecule has 1 N–H and O–H groups in total. The summed E-state index contributed by atoms with van der Waals surface area (Å²) < 4.78 is 60.8. The van der Waals surface area contributed by atoms with E-state index in [1.807, 2.05) is 0 Å². The molecule has 0 saturated heterocycles. The van der Waals surface area contributed by atoms with Crippen LogP contribution in [0.4, 0.5) is 23.2 Å². The van der Waals surface area contributed by atoms with Crippen molar-refractivity contribution in [3.05, 3.63) is 65.6 Å². The van der Waals surface area contributed by atoms with Gasteiger partial charge in [0, 0.05) is 11.6 Å². The summed E-state index contributed by atoms with van der Waals surface area (Å²) in [6.07, 6.45) is -1.43. The van der Waals surface area contributed by atoms with Crippen molar-refractivity contribution in [1.82, 2.24) is 14.8 Å². The lowest BCUT2D eigenvalue weighted by Crippen LogP contribution is -2.20. The van der Waals surface area contributed by atoms with E-state index in [0.717, 1.165) is 22.9 Å². The Bertz CT molecular complexity index is 1240. The maximum atomic E-state index is 13.8. The summed E-state index contributed by atoms with van der Waals surface area (Å²) in [7, 11) is 0. The van der Waals surface area contributed by atoms with Crippen LogP contribution >= 0.6 is 0 Å². The number of rotatable bonds is 5. The average molecular weight is 418 g/mol. The first-order valence-electron chi connectivity index (χ1n) is 8.78. The molecule has 0 unspecified atom stereocenters. The number of carbonyl (C=O) groups excluding carboxylic acids is 1. The number of nitrogens with one attached hydrogen (secondary N) is 1. The highest BCUT2D eigenvalue weighted by atomic mass is 19.3. The Kier molecular flexibility index (Phi) is 4.98. The fraction of sp³-hybridized carbons (Fsp3) is 0.150. The predicted octanol–water partition coefficient (Wildman–Crippen LogP) is 4.85. The second kappa shape index (κ2) is 7.62. The Morgan fingerprint density at radius 2 is 2.03 bits per heavy atom. The molecular formula is C20H14F4N4O2. The summed E-state index contributed by atoms with van der Waals surface area (Å²) in [6.45, 7) is 1.07. The zero-order valence-electron chi connectivity index (χ0n) is 15.5. The lowest BCUT2D eigenvalue weighted by molar-refractivity contribution is -0.116. The second-order valence-electron chi connectivity index (χ2n) is 6.49. The van der Waals surface area contributed by atoms with Crippen LogP contribution in [-0.2, 0) is 11.3 Å². The summed E-state index contributed by atoms with van der Waals surface area (Å²) in [6, 6.07) is 7.00. The van der Waals surface area contributed by atoms with Gasteiger partial charge >= 0.3 is 0 Å². The number of hydrogen-bond donors (Lipinski definition) is 1.